The van der Waals surface area contributed by atoms with Crippen LogP contribution in [-0.4, -0.2) is 24.1 Å². The summed E-state index contributed by atoms with van der Waals surface area (Å²) in [5.74, 6) is 1.46. The van der Waals surface area contributed by atoms with Crippen molar-refractivity contribution in [3.63, 3.8) is 0 Å². The molecule has 0 unspecified atom stereocenters. The number of methoxy groups -OCH3 is 1. The van der Waals surface area contributed by atoms with E-state index < -0.39 is 11.0 Å². The molecule has 1 aromatic carbocycles. The Morgan fingerprint density at radius 3 is 1.67 bits per heavy atom. The van der Waals surface area contributed by atoms with Crippen LogP contribution in [0.15, 0.2) is 12.1 Å². The fourth-order valence-electron chi connectivity index (χ4n) is 2.14. The molecule has 0 spiro atoms. The number of benzene rings is 1. The second kappa shape index (κ2) is 6.66. The topological polar surface area (TPSA) is 44.8 Å². The van der Waals surface area contributed by atoms with Crippen molar-refractivity contribution >= 4 is 5.78 Å². The smallest absolute Gasteiger partial charge is 0.204 e. The molecule has 0 N–H and O–H groups in total. The zero-order valence-corrected chi connectivity index (χ0v) is 16.8. The molecule has 0 aliphatic heterocycles. The van der Waals surface area contributed by atoms with Gasteiger partial charge in [-0.3, -0.25) is 4.79 Å². The first-order valence-corrected chi connectivity index (χ1v) is 8.29. The number of ether oxygens (including phenoxy) is 3. The number of rotatable bonds is 4. The average Bonchev–Trinajstić information content (AvgIpc) is 2.33. The summed E-state index contributed by atoms with van der Waals surface area (Å²) < 4.78 is 17.7. The van der Waals surface area contributed by atoms with Gasteiger partial charge in [0.15, 0.2) is 17.3 Å². The molecule has 0 aliphatic rings. The largest absolute Gasteiger partial charge is 0.490 e. The van der Waals surface area contributed by atoms with Crippen molar-refractivity contribution in [1.29, 1.82) is 0 Å². The van der Waals surface area contributed by atoms with Gasteiger partial charge in [-0.15, -0.1) is 0 Å². The number of hydrogen-bond donors (Lipinski definition) is 0. The number of hydrogen-bond acceptors (Lipinski definition) is 4. The van der Waals surface area contributed by atoms with Crippen LogP contribution in [0.5, 0.6) is 17.2 Å². The maximum Gasteiger partial charge on any atom is 0.204 e. The third-order valence-electron chi connectivity index (χ3n) is 3.03. The van der Waals surface area contributed by atoms with Crippen molar-refractivity contribution in [2.24, 2.45) is 5.41 Å². The minimum atomic E-state index is -0.520. The predicted molar refractivity (Wildman–Crippen MR) is 97.5 cm³/mol. The van der Waals surface area contributed by atoms with E-state index in [0.717, 1.165) is 0 Å². The molecule has 0 saturated heterocycles. The van der Waals surface area contributed by atoms with Crippen molar-refractivity contribution in [1.82, 2.24) is 0 Å². The zero-order chi connectivity index (χ0) is 18.9. The molecule has 0 radical (unpaired) electrons. The maximum absolute atomic E-state index is 12.9. The van der Waals surface area contributed by atoms with E-state index >= 15 is 0 Å². The summed E-state index contributed by atoms with van der Waals surface area (Å²) in [4.78, 5) is 12.9. The molecule has 0 amide bonds. The summed E-state index contributed by atoms with van der Waals surface area (Å²) >= 11 is 0. The van der Waals surface area contributed by atoms with E-state index in [1.807, 2.05) is 62.3 Å². The molecule has 4 nitrogen and oxygen atoms in total. The summed E-state index contributed by atoms with van der Waals surface area (Å²) in [7, 11) is 1.56. The second-order valence-corrected chi connectivity index (χ2v) is 8.98. The molecule has 4 heteroatoms. The van der Waals surface area contributed by atoms with Gasteiger partial charge in [-0.25, -0.2) is 0 Å². The summed E-state index contributed by atoms with van der Waals surface area (Å²) in [6.45, 7) is 17.4. The highest BCUT2D eigenvalue weighted by atomic mass is 16.6. The molecule has 24 heavy (non-hydrogen) atoms. The van der Waals surface area contributed by atoms with Crippen LogP contribution in [0.4, 0.5) is 0 Å². The molecule has 0 atom stereocenters. The van der Waals surface area contributed by atoms with Crippen molar-refractivity contribution in [3.8, 4) is 17.2 Å². The first-order valence-electron chi connectivity index (χ1n) is 8.29. The van der Waals surface area contributed by atoms with E-state index in [1.54, 1.807) is 19.2 Å². The van der Waals surface area contributed by atoms with Gasteiger partial charge in [0.1, 0.15) is 11.2 Å². The van der Waals surface area contributed by atoms with E-state index in [0.29, 0.717) is 22.8 Å². The first-order chi connectivity index (χ1) is 10.7. The molecule has 1 aromatic rings. The lowest BCUT2D eigenvalue weighted by molar-refractivity contribution is 0.0831. The Bertz CT molecular complexity index is 596. The number of carbonyl (C=O) groups excluding carboxylic acids is 1. The summed E-state index contributed by atoms with van der Waals surface area (Å²) in [5.41, 5.74) is -0.869. The molecule has 0 saturated carbocycles. The Morgan fingerprint density at radius 2 is 1.29 bits per heavy atom. The summed E-state index contributed by atoms with van der Waals surface area (Å²) in [6.07, 6.45) is 0. The average molecular weight is 336 g/mol. The quantitative estimate of drug-likeness (QED) is 0.702. The lowest BCUT2D eigenvalue weighted by atomic mass is 9.86. The molecule has 0 fully saturated rings. The Morgan fingerprint density at radius 1 is 0.792 bits per heavy atom. The van der Waals surface area contributed by atoms with Gasteiger partial charge in [-0.2, -0.15) is 0 Å². The maximum atomic E-state index is 12.9. The van der Waals surface area contributed by atoms with Crippen LogP contribution in [0.2, 0.25) is 0 Å². The van der Waals surface area contributed by atoms with Gasteiger partial charge >= 0.3 is 0 Å². The van der Waals surface area contributed by atoms with Crippen molar-refractivity contribution in [2.45, 2.75) is 73.5 Å². The SMILES string of the molecule is COc1c(OC(C)(C)C)ccc(C(=O)C(C)(C)C)c1OC(C)(C)C. The van der Waals surface area contributed by atoms with Gasteiger partial charge < -0.3 is 14.2 Å². The monoisotopic (exact) mass is 336 g/mol. The van der Waals surface area contributed by atoms with Crippen molar-refractivity contribution in [3.05, 3.63) is 17.7 Å². The third kappa shape index (κ3) is 5.43. The van der Waals surface area contributed by atoms with Gasteiger partial charge in [0, 0.05) is 5.41 Å². The molecule has 0 bridgehead atoms. The van der Waals surface area contributed by atoms with Crippen LogP contribution >= 0.6 is 0 Å². The fraction of sp³-hybridized carbons (Fsp3) is 0.650. The van der Waals surface area contributed by atoms with E-state index in [2.05, 4.69) is 0 Å². The van der Waals surface area contributed by atoms with Gasteiger partial charge in [-0.1, -0.05) is 20.8 Å². The van der Waals surface area contributed by atoms with E-state index in [4.69, 9.17) is 14.2 Å². The highest BCUT2D eigenvalue weighted by molar-refractivity contribution is 6.03. The Labute approximate surface area is 146 Å². The third-order valence-corrected chi connectivity index (χ3v) is 3.03. The standard InChI is InChI=1S/C20H32O4/c1-18(2,3)17(21)13-11-12-14(23-19(4,5)6)16(22-10)15(13)24-20(7,8)9/h11-12H,1-10H3. The highest BCUT2D eigenvalue weighted by Gasteiger charge is 2.31. The van der Waals surface area contributed by atoms with Crippen molar-refractivity contribution in [2.75, 3.05) is 7.11 Å². The van der Waals surface area contributed by atoms with Gasteiger partial charge in [0.05, 0.1) is 12.7 Å². The highest BCUT2D eigenvalue weighted by Crippen LogP contribution is 2.44. The van der Waals surface area contributed by atoms with Crippen molar-refractivity contribution < 1.29 is 19.0 Å². The molecule has 0 aromatic heterocycles. The fourth-order valence-corrected chi connectivity index (χ4v) is 2.14. The predicted octanol–water partition coefficient (Wildman–Crippen LogP) is 5.28. The van der Waals surface area contributed by atoms with Gasteiger partial charge in [0.2, 0.25) is 5.75 Å². The van der Waals surface area contributed by atoms with Crippen LogP contribution in [0.3, 0.4) is 0 Å². The lowest BCUT2D eigenvalue weighted by Gasteiger charge is -2.29. The minimum Gasteiger partial charge on any atom is -0.490 e. The Kier molecular flexibility index (Phi) is 5.64. The number of Topliss-reactive ketones (excluding diaryl/α,β-unsaturated/α-hetero) is 1. The molecule has 0 aliphatic carbocycles. The van der Waals surface area contributed by atoms with E-state index in [9.17, 15) is 4.79 Å². The summed E-state index contributed by atoms with van der Waals surface area (Å²) in [5, 5.41) is 0. The zero-order valence-electron chi connectivity index (χ0n) is 16.8. The molecular formula is C20H32O4. The van der Waals surface area contributed by atoms with Gasteiger partial charge in [-0.05, 0) is 53.7 Å². The molecule has 1 rings (SSSR count). The van der Waals surface area contributed by atoms with E-state index in [1.165, 1.54) is 0 Å². The van der Waals surface area contributed by atoms with Crippen LogP contribution in [-0.2, 0) is 0 Å². The molecular weight excluding hydrogens is 304 g/mol. The Hall–Kier alpha value is -1.71. The van der Waals surface area contributed by atoms with E-state index in [-0.39, 0.29) is 11.4 Å². The molecule has 136 valence electrons. The van der Waals surface area contributed by atoms with Crippen LogP contribution < -0.4 is 14.2 Å². The summed E-state index contributed by atoms with van der Waals surface area (Å²) in [6, 6.07) is 3.54. The number of carbonyl (C=O) groups is 1. The number of ketones is 1. The second-order valence-electron chi connectivity index (χ2n) is 8.98. The van der Waals surface area contributed by atoms with Crippen LogP contribution in [0.25, 0.3) is 0 Å². The van der Waals surface area contributed by atoms with Crippen LogP contribution in [0, 0.1) is 5.41 Å². The van der Waals surface area contributed by atoms with Gasteiger partial charge in [0.25, 0.3) is 0 Å². The Balaban J connectivity index is 3.59. The minimum absolute atomic E-state index is 0.00218. The normalized spacial score (nSPS) is 12.8. The molecule has 0 heterocycles. The first kappa shape index (κ1) is 20.3. The van der Waals surface area contributed by atoms with Crippen LogP contribution in [0.1, 0.15) is 72.7 Å². The lowest BCUT2D eigenvalue weighted by Crippen LogP contribution is -2.28.